The van der Waals surface area contributed by atoms with Crippen LogP contribution < -0.4 is 4.74 Å². The van der Waals surface area contributed by atoms with E-state index in [4.69, 9.17) is 16.3 Å². The second-order valence-electron chi connectivity index (χ2n) is 7.37. The minimum atomic E-state index is 0.0187. The molecule has 0 radical (unpaired) electrons. The Labute approximate surface area is 166 Å². The Morgan fingerprint density at radius 3 is 2.85 bits per heavy atom. The highest BCUT2D eigenvalue weighted by atomic mass is 35.5. The van der Waals surface area contributed by atoms with Crippen LogP contribution in [0.15, 0.2) is 36.4 Å². The van der Waals surface area contributed by atoms with Gasteiger partial charge in [0.25, 0.3) is 5.91 Å². The number of piperidine rings is 1. The third kappa shape index (κ3) is 4.81. The fourth-order valence-corrected chi connectivity index (χ4v) is 3.78. The van der Waals surface area contributed by atoms with Crippen LogP contribution >= 0.6 is 11.6 Å². The molecule has 1 aromatic carbocycles. The van der Waals surface area contributed by atoms with Crippen LogP contribution in [0.25, 0.3) is 0 Å². The third-order valence-electron chi connectivity index (χ3n) is 5.36. The van der Waals surface area contributed by atoms with Crippen LogP contribution in [0.3, 0.4) is 0 Å². The zero-order valence-electron chi connectivity index (χ0n) is 16.2. The van der Waals surface area contributed by atoms with Crippen LogP contribution in [0.5, 0.6) is 5.75 Å². The number of aromatic nitrogens is 1. The number of carbonyl (C=O) groups excluding carboxylic acids is 1. The van der Waals surface area contributed by atoms with E-state index in [0.717, 1.165) is 36.4 Å². The maximum absolute atomic E-state index is 13.0. The highest BCUT2D eigenvalue weighted by Gasteiger charge is 2.29. The van der Waals surface area contributed by atoms with E-state index in [1.54, 1.807) is 12.1 Å². The van der Waals surface area contributed by atoms with Gasteiger partial charge in [0.1, 0.15) is 18.1 Å². The van der Waals surface area contributed by atoms with Gasteiger partial charge in [-0.15, -0.1) is 0 Å². The molecule has 3 rings (SSSR count). The van der Waals surface area contributed by atoms with Gasteiger partial charge in [-0.25, -0.2) is 4.98 Å². The van der Waals surface area contributed by atoms with Crippen LogP contribution in [0.2, 0.25) is 5.02 Å². The molecule has 1 amide bonds. The summed E-state index contributed by atoms with van der Waals surface area (Å²) in [5, 5.41) is 0.687. The largest absolute Gasteiger partial charge is 0.487 e. The topological polar surface area (TPSA) is 42.4 Å². The van der Waals surface area contributed by atoms with Crippen molar-refractivity contribution in [2.24, 2.45) is 5.92 Å². The van der Waals surface area contributed by atoms with E-state index in [0.29, 0.717) is 23.2 Å². The number of aryl methyl sites for hydroxylation is 1. The highest BCUT2D eigenvalue weighted by Crippen LogP contribution is 2.26. The lowest BCUT2D eigenvalue weighted by Crippen LogP contribution is -2.45. The monoisotopic (exact) mass is 386 g/mol. The second-order valence-corrected chi connectivity index (χ2v) is 7.81. The van der Waals surface area contributed by atoms with E-state index in [9.17, 15) is 4.79 Å². The van der Waals surface area contributed by atoms with Crippen LogP contribution in [0, 0.1) is 12.8 Å². The van der Waals surface area contributed by atoms with Gasteiger partial charge in [0.15, 0.2) is 0 Å². The van der Waals surface area contributed by atoms with E-state index in [1.807, 2.05) is 36.1 Å². The van der Waals surface area contributed by atoms with Gasteiger partial charge < -0.3 is 9.64 Å². The molecule has 1 aliphatic rings. The molecule has 1 aliphatic heterocycles. The number of pyridine rings is 1. The first kappa shape index (κ1) is 19.7. The fraction of sp³-hybridized carbons (Fsp3) is 0.455. The van der Waals surface area contributed by atoms with Gasteiger partial charge in [0.2, 0.25) is 0 Å². The van der Waals surface area contributed by atoms with Crippen LogP contribution in [-0.2, 0) is 6.61 Å². The number of amides is 1. The molecule has 0 spiro atoms. The predicted molar refractivity (Wildman–Crippen MR) is 108 cm³/mol. The van der Waals surface area contributed by atoms with Gasteiger partial charge in [-0.1, -0.05) is 31.0 Å². The van der Waals surface area contributed by atoms with Crippen LogP contribution in [-0.4, -0.2) is 28.4 Å². The van der Waals surface area contributed by atoms with Crippen LogP contribution in [0.1, 0.15) is 54.9 Å². The lowest BCUT2D eigenvalue weighted by molar-refractivity contribution is 0.0550. The zero-order chi connectivity index (χ0) is 19.4. The van der Waals surface area contributed by atoms with E-state index in [-0.39, 0.29) is 11.9 Å². The summed E-state index contributed by atoms with van der Waals surface area (Å²) >= 11 is 5.99. The summed E-state index contributed by atoms with van der Waals surface area (Å²) in [5.74, 6) is 1.38. The number of benzene rings is 1. The number of hydrogen-bond acceptors (Lipinski definition) is 3. The average Bonchev–Trinajstić information content (AvgIpc) is 2.67. The molecule has 5 heteroatoms. The molecule has 27 heavy (non-hydrogen) atoms. The standard InChI is InChI=1S/C22H27ClN2O2/c1-4-17-9-8-16(3)25(13-17)22(26)20-7-5-6-19(24-20)14-27-21-11-10-18(23)12-15(21)2/h5-7,10-12,16-17H,4,8-9,13-14H2,1-3H3. The number of carbonyl (C=O) groups is 1. The Kier molecular flexibility index (Phi) is 6.38. The SMILES string of the molecule is CCC1CCC(C)N(C(=O)c2cccc(COc3ccc(Cl)cc3C)n2)C1. The third-order valence-corrected chi connectivity index (χ3v) is 5.59. The van der Waals surface area contributed by atoms with Crippen molar-refractivity contribution in [1.29, 1.82) is 0 Å². The Morgan fingerprint density at radius 1 is 1.30 bits per heavy atom. The Hall–Kier alpha value is -2.07. The molecule has 144 valence electrons. The summed E-state index contributed by atoms with van der Waals surface area (Å²) < 4.78 is 5.87. The molecular weight excluding hydrogens is 360 g/mol. The molecule has 1 fully saturated rings. The number of ether oxygens (including phenoxy) is 1. The van der Waals surface area contributed by atoms with Gasteiger partial charge >= 0.3 is 0 Å². The van der Waals surface area contributed by atoms with Gasteiger partial charge in [-0.2, -0.15) is 0 Å². The molecule has 2 heterocycles. The number of halogens is 1. The second kappa shape index (κ2) is 8.75. The van der Waals surface area contributed by atoms with E-state index in [1.165, 1.54) is 6.42 Å². The fourth-order valence-electron chi connectivity index (χ4n) is 3.55. The van der Waals surface area contributed by atoms with Gasteiger partial charge in [0, 0.05) is 17.6 Å². The summed E-state index contributed by atoms with van der Waals surface area (Å²) in [4.78, 5) is 19.5. The van der Waals surface area contributed by atoms with Crippen molar-refractivity contribution >= 4 is 17.5 Å². The smallest absolute Gasteiger partial charge is 0.272 e. The van der Waals surface area contributed by atoms with Crippen molar-refractivity contribution < 1.29 is 9.53 Å². The molecule has 0 aliphatic carbocycles. The Bertz CT molecular complexity index is 809. The summed E-state index contributed by atoms with van der Waals surface area (Å²) in [7, 11) is 0. The van der Waals surface area contributed by atoms with E-state index in [2.05, 4.69) is 18.8 Å². The van der Waals surface area contributed by atoms with Gasteiger partial charge in [-0.3, -0.25) is 4.79 Å². The lowest BCUT2D eigenvalue weighted by Gasteiger charge is -2.37. The number of hydrogen-bond donors (Lipinski definition) is 0. The molecule has 2 unspecified atom stereocenters. The average molecular weight is 387 g/mol. The quantitative estimate of drug-likeness (QED) is 0.702. The molecule has 0 saturated carbocycles. The van der Waals surface area contributed by atoms with Crippen molar-refractivity contribution in [3.8, 4) is 5.75 Å². The number of rotatable bonds is 5. The van der Waals surface area contributed by atoms with E-state index >= 15 is 0 Å². The molecular formula is C22H27ClN2O2. The first-order valence-corrected chi connectivity index (χ1v) is 10.0. The lowest BCUT2D eigenvalue weighted by atomic mass is 9.91. The Morgan fingerprint density at radius 2 is 2.11 bits per heavy atom. The van der Waals surface area contributed by atoms with E-state index < -0.39 is 0 Å². The van der Waals surface area contributed by atoms with Gasteiger partial charge in [0.05, 0.1) is 5.69 Å². The van der Waals surface area contributed by atoms with Gasteiger partial charge in [-0.05, 0) is 68.5 Å². The number of likely N-dealkylation sites (tertiary alicyclic amines) is 1. The normalized spacial score (nSPS) is 19.8. The van der Waals surface area contributed by atoms with Crippen molar-refractivity contribution in [2.45, 2.75) is 52.7 Å². The molecule has 0 bridgehead atoms. The first-order chi connectivity index (χ1) is 13.0. The van der Waals surface area contributed by atoms with Crippen molar-refractivity contribution in [3.63, 3.8) is 0 Å². The highest BCUT2D eigenvalue weighted by molar-refractivity contribution is 6.30. The summed E-state index contributed by atoms with van der Waals surface area (Å²) in [6, 6.07) is 11.3. The summed E-state index contributed by atoms with van der Waals surface area (Å²) in [5.41, 5.74) is 2.21. The molecule has 2 aromatic rings. The first-order valence-electron chi connectivity index (χ1n) is 9.63. The molecule has 2 atom stereocenters. The summed E-state index contributed by atoms with van der Waals surface area (Å²) in [6.07, 6.45) is 3.37. The minimum Gasteiger partial charge on any atom is -0.487 e. The molecule has 1 aromatic heterocycles. The van der Waals surface area contributed by atoms with Crippen molar-refractivity contribution in [2.75, 3.05) is 6.54 Å². The maximum atomic E-state index is 13.0. The predicted octanol–water partition coefficient (Wildman–Crippen LogP) is 5.27. The minimum absolute atomic E-state index is 0.0187. The summed E-state index contributed by atoms with van der Waals surface area (Å²) in [6.45, 7) is 7.41. The van der Waals surface area contributed by atoms with Crippen molar-refractivity contribution in [3.05, 3.63) is 58.4 Å². The number of nitrogens with zero attached hydrogens (tertiary/aromatic N) is 2. The molecule has 0 N–H and O–H groups in total. The van der Waals surface area contributed by atoms with Crippen LogP contribution in [0.4, 0.5) is 0 Å². The molecule has 4 nitrogen and oxygen atoms in total. The van der Waals surface area contributed by atoms with Crippen molar-refractivity contribution in [1.82, 2.24) is 9.88 Å². The maximum Gasteiger partial charge on any atom is 0.272 e. The Balaban J connectivity index is 1.70. The zero-order valence-corrected chi connectivity index (χ0v) is 17.0. The molecule has 1 saturated heterocycles.